The number of halogens is 1. The SMILES string of the molecule is O=c1[nH]c(-c2ccc[nH]2)nc2ccc(Cl)cc12. The molecule has 2 aromatic heterocycles. The van der Waals surface area contributed by atoms with Crippen LogP contribution in [0, 0.1) is 0 Å². The molecule has 0 saturated heterocycles. The summed E-state index contributed by atoms with van der Waals surface area (Å²) in [5.74, 6) is 0.523. The number of nitrogens with zero attached hydrogens (tertiary/aromatic N) is 1. The van der Waals surface area contributed by atoms with Crippen molar-refractivity contribution in [3.8, 4) is 11.5 Å². The van der Waals surface area contributed by atoms with E-state index >= 15 is 0 Å². The first kappa shape index (κ1) is 10.1. The number of H-pyrrole nitrogens is 2. The van der Waals surface area contributed by atoms with Gasteiger partial charge in [-0.2, -0.15) is 0 Å². The molecule has 5 heteroatoms. The molecule has 0 bridgehead atoms. The van der Waals surface area contributed by atoms with E-state index in [0.29, 0.717) is 21.7 Å². The van der Waals surface area contributed by atoms with Crippen LogP contribution in [0.2, 0.25) is 5.02 Å². The van der Waals surface area contributed by atoms with E-state index < -0.39 is 0 Å². The zero-order chi connectivity index (χ0) is 11.8. The second-order valence-corrected chi connectivity index (χ2v) is 4.10. The van der Waals surface area contributed by atoms with Crippen LogP contribution in [0.25, 0.3) is 22.4 Å². The average Bonchev–Trinajstić information content (AvgIpc) is 2.83. The zero-order valence-corrected chi connectivity index (χ0v) is 9.45. The maximum Gasteiger partial charge on any atom is 0.259 e. The summed E-state index contributed by atoms with van der Waals surface area (Å²) in [5, 5.41) is 1.02. The molecule has 0 aliphatic rings. The van der Waals surface area contributed by atoms with Gasteiger partial charge in [-0.25, -0.2) is 4.98 Å². The smallest absolute Gasteiger partial charge is 0.259 e. The van der Waals surface area contributed by atoms with Crippen molar-refractivity contribution in [2.45, 2.75) is 0 Å². The van der Waals surface area contributed by atoms with Crippen LogP contribution in [0.4, 0.5) is 0 Å². The fourth-order valence-electron chi connectivity index (χ4n) is 1.72. The summed E-state index contributed by atoms with van der Waals surface area (Å²) in [6.07, 6.45) is 1.78. The van der Waals surface area contributed by atoms with Gasteiger partial charge in [0.1, 0.15) is 0 Å². The van der Waals surface area contributed by atoms with Crippen LogP contribution < -0.4 is 5.56 Å². The molecule has 0 aliphatic carbocycles. The highest BCUT2D eigenvalue weighted by Gasteiger charge is 2.06. The van der Waals surface area contributed by atoms with Gasteiger partial charge in [0, 0.05) is 11.2 Å². The number of rotatable bonds is 1. The fraction of sp³-hybridized carbons (Fsp3) is 0. The first-order valence-electron chi connectivity index (χ1n) is 5.07. The summed E-state index contributed by atoms with van der Waals surface area (Å²) >= 11 is 5.84. The summed E-state index contributed by atoms with van der Waals surface area (Å²) in [5.41, 5.74) is 1.21. The molecular weight excluding hydrogens is 238 g/mol. The van der Waals surface area contributed by atoms with Crippen molar-refractivity contribution in [2.24, 2.45) is 0 Å². The summed E-state index contributed by atoms with van der Waals surface area (Å²) in [4.78, 5) is 22.0. The first-order valence-corrected chi connectivity index (χ1v) is 5.45. The molecule has 2 heterocycles. The lowest BCUT2D eigenvalue weighted by molar-refractivity contribution is 1.16. The molecule has 0 radical (unpaired) electrons. The number of benzene rings is 1. The molecule has 0 aliphatic heterocycles. The quantitative estimate of drug-likeness (QED) is 0.692. The highest BCUT2D eigenvalue weighted by Crippen LogP contribution is 2.17. The monoisotopic (exact) mass is 245 g/mol. The molecule has 3 aromatic rings. The van der Waals surface area contributed by atoms with E-state index in [1.54, 1.807) is 24.4 Å². The van der Waals surface area contributed by atoms with Gasteiger partial charge in [-0.3, -0.25) is 4.79 Å². The number of nitrogens with one attached hydrogen (secondary N) is 2. The summed E-state index contributed by atoms with van der Waals surface area (Å²) in [6, 6.07) is 8.76. The van der Waals surface area contributed by atoms with Gasteiger partial charge in [-0.1, -0.05) is 11.6 Å². The van der Waals surface area contributed by atoms with Crippen molar-refractivity contribution in [1.29, 1.82) is 0 Å². The van der Waals surface area contributed by atoms with Gasteiger partial charge in [0.2, 0.25) is 0 Å². The standard InChI is InChI=1S/C12H8ClN3O/c13-7-3-4-9-8(6-7)12(17)16-11(15-9)10-2-1-5-14-10/h1-6,14H,(H,15,16,17). The maximum atomic E-state index is 11.9. The van der Waals surface area contributed by atoms with Crippen LogP contribution in [0.15, 0.2) is 41.3 Å². The Morgan fingerprint density at radius 3 is 2.88 bits per heavy atom. The van der Waals surface area contributed by atoms with E-state index in [4.69, 9.17) is 11.6 Å². The Morgan fingerprint density at radius 1 is 1.24 bits per heavy atom. The van der Waals surface area contributed by atoms with Crippen LogP contribution in [-0.2, 0) is 0 Å². The summed E-state index contributed by atoms with van der Waals surface area (Å²) in [7, 11) is 0. The van der Waals surface area contributed by atoms with Crippen LogP contribution in [-0.4, -0.2) is 15.0 Å². The Balaban J connectivity index is 2.32. The highest BCUT2D eigenvalue weighted by molar-refractivity contribution is 6.31. The topological polar surface area (TPSA) is 61.5 Å². The van der Waals surface area contributed by atoms with Crippen molar-refractivity contribution in [3.63, 3.8) is 0 Å². The molecule has 0 saturated carbocycles. The fourth-order valence-corrected chi connectivity index (χ4v) is 1.89. The van der Waals surface area contributed by atoms with Gasteiger partial charge < -0.3 is 9.97 Å². The number of hydrogen-bond acceptors (Lipinski definition) is 2. The van der Waals surface area contributed by atoms with Gasteiger partial charge in [0.15, 0.2) is 5.82 Å². The molecule has 4 nitrogen and oxygen atoms in total. The molecule has 0 unspecified atom stereocenters. The molecule has 84 valence electrons. The normalized spacial score (nSPS) is 10.9. The molecule has 17 heavy (non-hydrogen) atoms. The molecular formula is C12H8ClN3O. The zero-order valence-electron chi connectivity index (χ0n) is 8.70. The van der Waals surface area contributed by atoms with Crippen molar-refractivity contribution in [2.75, 3.05) is 0 Å². The largest absolute Gasteiger partial charge is 0.359 e. The lowest BCUT2D eigenvalue weighted by Crippen LogP contribution is -2.09. The van der Waals surface area contributed by atoms with Gasteiger partial charge in [-0.15, -0.1) is 0 Å². The van der Waals surface area contributed by atoms with Gasteiger partial charge in [0.05, 0.1) is 16.6 Å². The van der Waals surface area contributed by atoms with E-state index in [1.165, 1.54) is 0 Å². The van der Waals surface area contributed by atoms with E-state index in [1.807, 2.05) is 12.1 Å². The Bertz CT molecular complexity index is 731. The van der Waals surface area contributed by atoms with E-state index in [-0.39, 0.29) is 5.56 Å². The maximum absolute atomic E-state index is 11.9. The van der Waals surface area contributed by atoms with Gasteiger partial charge in [-0.05, 0) is 30.3 Å². The minimum Gasteiger partial charge on any atom is -0.359 e. The van der Waals surface area contributed by atoms with Crippen molar-refractivity contribution in [1.82, 2.24) is 15.0 Å². The molecule has 0 atom stereocenters. The molecule has 0 fully saturated rings. The number of aromatic nitrogens is 3. The predicted molar refractivity (Wildman–Crippen MR) is 67.2 cm³/mol. The van der Waals surface area contributed by atoms with E-state index in [0.717, 1.165) is 5.69 Å². The number of hydrogen-bond donors (Lipinski definition) is 2. The Labute approximate surface area is 101 Å². The highest BCUT2D eigenvalue weighted by atomic mass is 35.5. The predicted octanol–water partition coefficient (Wildman–Crippen LogP) is 2.57. The average molecular weight is 246 g/mol. The van der Waals surface area contributed by atoms with Crippen molar-refractivity contribution < 1.29 is 0 Å². The van der Waals surface area contributed by atoms with E-state index in [2.05, 4.69) is 15.0 Å². The van der Waals surface area contributed by atoms with Crippen LogP contribution in [0.3, 0.4) is 0 Å². The van der Waals surface area contributed by atoms with E-state index in [9.17, 15) is 4.79 Å². The van der Waals surface area contributed by atoms with Gasteiger partial charge >= 0.3 is 0 Å². The molecule has 3 rings (SSSR count). The molecule has 0 amide bonds. The first-order chi connectivity index (χ1) is 8.24. The molecule has 1 aromatic carbocycles. The summed E-state index contributed by atoms with van der Waals surface area (Å²) in [6.45, 7) is 0. The lowest BCUT2D eigenvalue weighted by atomic mass is 10.2. The van der Waals surface area contributed by atoms with Crippen LogP contribution in [0.5, 0.6) is 0 Å². The third-order valence-corrected chi connectivity index (χ3v) is 2.76. The van der Waals surface area contributed by atoms with Crippen molar-refractivity contribution in [3.05, 3.63) is 51.9 Å². The number of aromatic amines is 2. The van der Waals surface area contributed by atoms with Gasteiger partial charge in [0.25, 0.3) is 5.56 Å². The number of fused-ring (bicyclic) bond motifs is 1. The lowest BCUT2D eigenvalue weighted by Gasteiger charge is -2.01. The van der Waals surface area contributed by atoms with Crippen LogP contribution in [0.1, 0.15) is 0 Å². The minimum absolute atomic E-state index is 0.192. The molecule has 2 N–H and O–H groups in total. The Morgan fingerprint density at radius 2 is 2.12 bits per heavy atom. The third kappa shape index (κ3) is 1.72. The second-order valence-electron chi connectivity index (χ2n) is 3.66. The minimum atomic E-state index is -0.192. The summed E-state index contributed by atoms with van der Waals surface area (Å²) < 4.78 is 0. The second kappa shape index (κ2) is 3.75. The molecule has 0 spiro atoms. The Hall–Kier alpha value is -2.07. The van der Waals surface area contributed by atoms with Crippen molar-refractivity contribution >= 4 is 22.5 Å². The Kier molecular flexibility index (Phi) is 2.23. The third-order valence-electron chi connectivity index (χ3n) is 2.52. The van der Waals surface area contributed by atoms with Crippen LogP contribution >= 0.6 is 11.6 Å².